The second kappa shape index (κ2) is 4.29. The third-order valence-corrected chi connectivity index (χ3v) is 4.03. The van der Waals surface area contributed by atoms with Gasteiger partial charge in [-0.15, -0.1) is 0 Å². The first-order valence-corrected chi connectivity index (χ1v) is 7.29. The van der Waals surface area contributed by atoms with E-state index in [0.717, 1.165) is 13.0 Å². The summed E-state index contributed by atoms with van der Waals surface area (Å²) in [5.74, 6) is -0.219. The standard InChI is InChI=1S/C10H16FN3O2S/c1-2-5-14-6-9(12-8-14)13-17(15,16)7-10(11)3-4-10/h6,8,13H,2-5,7H2,1H3. The van der Waals surface area contributed by atoms with Gasteiger partial charge in [0.15, 0.2) is 5.82 Å². The minimum Gasteiger partial charge on any atom is -0.335 e. The molecular formula is C10H16FN3O2S. The Bertz CT molecular complexity index is 493. The monoisotopic (exact) mass is 261 g/mol. The Kier molecular flexibility index (Phi) is 3.11. The SMILES string of the molecule is CCCn1cnc(NS(=O)(=O)CC2(F)CC2)c1. The molecule has 0 aromatic carbocycles. The average molecular weight is 261 g/mol. The van der Waals surface area contributed by atoms with Crippen LogP contribution in [0.4, 0.5) is 10.2 Å². The number of nitrogens with one attached hydrogen (secondary N) is 1. The third-order valence-electron chi connectivity index (χ3n) is 2.62. The molecule has 2 rings (SSSR count). The zero-order valence-electron chi connectivity index (χ0n) is 9.69. The highest BCUT2D eigenvalue weighted by molar-refractivity contribution is 7.92. The Morgan fingerprint density at radius 1 is 1.59 bits per heavy atom. The van der Waals surface area contributed by atoms with Crippen molar-refractivity contribution in [2.75, 3.05) is 10.5 Å². The molecule has 0 spiro atoms. The lowest BCUT2D eigenvalue weighted by molar-refractivity contribution is 0.341. The van der Waals surface area contributed by atoms with Gasteiger partial charge in [0.25, 0.3) is 0 Å². The molecule has 1 heterocycles. The highest BCUT2D eigenvalue weighted by Crippen LogP contribution is 2.40. The summed E-state index contributed by atoms with van der Waals surface area (Å²) in [6, 6.07) is 0. The minimum absolute atomic E-state index is 0.252. The molecule has 1 aliphatic rings. The molecule has 1 N–H and O–H groups in total. The molecule has 0 atom stereocenters. The fraction of sp³-hybridized carbons (Fsp3) is 0.700. The number of sulfonamides is 1. The van der Waals surface area contributed by atoms with E-state index < -0.39 is 21.4 Å². The van der Waals surface area contributed by atoms with Crippen LogP contribution in [0.1, 0.15) is 26.2 Å². The van der Waals surface area contributed by atoms with E-state index >= 15 is 0 Å². The van der Waals surface area contributed by atoms with Crippen molar-refractivity contribution >= 4 is 15.8 Å². The first-order chi connectivity index (χ1) is 7.92. The zero-order valence-corrected chi connectivity index (χ0v) is 10.5. The smallest absolute Gasteiger partial charge is 0.237 e. The molecular weight excluding hydrogens is 245 g/mol. The highest BCUT2D eigenvalue weighted by Gasteiger charge is 2.47. The van der Waals surface area contributed by atoms with E-state index in [4.69, 9.17) is 0 Å². The molecule has 0 aliphatic heterocycles. The van der Waals surface area contributed by atoms with Crippen molar-refractivity contribution in [2.45, 2.75) is 38.4 Å². The Balaban J connectivity index is 1.98. The van der Waals surface area contributed by atoms with Gasteiger partial charge in [-0.1, -0.05) is 6.92 Å². The van der Waals surface area contributed by atoms with Crippen molar-refractivity contribution in [1.82, 2.24) is 9.55 Å². The summed E-state index contributed by atoms with van der Waals surface area (Å²) >= 11 is 0. The van der Waals surface area contributed by atoms with Crippen molar-refractivity contribution in [1.29, 1.82) is 0 Å². The maximum Gasteiger partial charge on any atom is 0.237 e. The van der Waals surface area contributed by atoms with Gasteiger partial charge in [-0.3, -0.25) is 4.72 Å². The van der Waals surface area contributed by atoms with E-state index in [0.29, 0.717) is 12.8 Å². The number of aryl methyl sites for hydroxylation is 1. The molecule has 1 fully saturated rings. The molecule has 0 amide bonds. The first kappa shape index (κ1) is 12.3. The van der Waals surface area contributed by atoms with Crippen LogP contribution in [0.3, 0.4) is 0 Å². The zero-order chi connectivity index (χ0) is 12.5. The molecule has 0 unspecified atom stereocenters. The van der Waals surface area contributed by atoms with Gasteiger partial charge in [-0.2, -0.15) is 0 Å². The van der Waals surface area contributed by atoms with Crippen LogP contribution in [-0.2, 0) is 16.6 Å². The van der Waals surface area contributed by atoms with E-state index in [1.165, 1.54) is 0 Å². The highest BCUT2D eigenvalue weighted by atomic mass is 32.2. The van der Waals surface area contributed by atoms with Gasteiger partial charge in [0, 0.05) is 12.7 Å². The lowest BCUT2D eigenvalue weighted by Gasteiger charge is -2.07. The molecule has 1 aromatic heterocycles. The van der Waals surface area contributed by atoms with Crippen LogP contribution < -0.4 is 4.72 Å². The Morgan fingerprint density at radius 3 is 2.88 bits per heavy atom. The molecule has 17 heavy (non-hydrogen) atoms. The summed E-state index contributed by atoms with van der Waals surface area (Å²) in [5, 5.41) is 0. The predicted molar refractivity (Wildman–Crippen MR) is 63.0 cm³/mol. The average Bonchev–Trinajstić information content (AvgIpc) is 2.73. The molecule has 96 valence electrons. The maximum atomic E-state index is 13.4. The summed E-state index contributed by atoms with van der Waals surface area (Å²) in [4.78, 5) is 3.92. The minimum atomic E-state index is -3.63. The van der Waals surface area contributed by atoms with Crippen LogP contribution in [-0.4, -0.2) is 29.4 Å². The van der Waals surface area contributed by atoms with E-state index in [-0.39, 0.29) is 5.82 Å². The Hall–Kier alpha value is -1.11. The van der Waals surface area contributed by atoms with Crippen molar-refractivity contribution in [3.05, 3.63) is 12.5 Å². The van der Waals surface area contributed by atoms with Gasteiger partial charge in [0.2, 0.25) is 10.0 Å². The molecule has 1 saturated carbocycles. The molecule has 0 radical (unpaired) electrons. The number of nitrogens with zero attached hydrogens (tertiary/aromatic N) is 2. The van der Waals surface area contributed by atoms with Crippen LogP contribution >= 0.6 is 0 Å². The fourth-order valence-electron chi connectivity index (χ4n) is 1.61. The number of aromatic nitrogens is 2. The van der Waals surface area contributed by atoms with E-state index in [1.54, 1.807) is 17.1 Å². The van der Waals surface area contributed by atoms with Gasteiger partial charge in [0.1, 0.15) is 11.4 Å². The van der Waals surface area contributed by atoms with Crippen LogP contribution in [0.25, 0.3) is 0 Å². The fourth-order valence-corrected chi connectivity index (χ4v) is 3.08. The van der Waals surface area contributed by atoms with Crippen molar-refractivity contribution in [2.24, 2.45) is 0 Å². The number of alkyl halides is 1. The van der Waals surface area contributed by atoms with Crippen molar-refractivity contribution < 1.29 is 12.8 Å². The predicted octanol–water partition coefficient (Wildman–Crippen LogP) is 1.54. The summed E-state index contributed by atoms with van der Waals surface area (Å²) in [6.45, 7) is 2.80. The first-order valence-electron chi connectivity index (χ1n) is 5.64. The normalized spacial score (nSPS) is 18.0. The van der Waals surface area contributed by atoms with Gasteiger partial charge in [-0.25, -0.2) is 17.8 Å². The molecule has 5 nitrogen and oxygen atoms in total. The van der Waals surface area contributed by atoms with Crippen LogP contribution in [0, 0.1) is 0 Å². The number of imidazole rings is 1. The largest absolute Gasteiger partial charge is 0.335 e. The number of anilines is 1. The molecule has 0 saturated heterocycles. The molecule has 7 heteroatoms. The second-order valence-corrected chi connectivity index (χ2v) is 6.23. The number of halogens is 1. The number of hydrogen-bond acceptors (Lipinski definition) is 3. The number of hydrogen-bond donors (Lipinski definition) is 1. The molecule has 1 aliphatic carbocycles. The van der Waals surface area contributed by atoms with Gasteiger partial charge in [0.05, 0.1) is 6.33 Å². The van der Waals surface area contributed by atoms with E-state index in [1.807, 2.05) is 6.92 Å². The number of rotatable bonds is 6. The van der Waals surface area contributed by atoms with Gasteiger partial charge >= 0.3 is 0 Å². The summed E-state index contributed by atoms with van der Waals surface area (Å²) in [6.07, 6.45) is 4.77. The molecule has 0 bridgehead atoms. The maximum absolute atomic E-state index is 13.4. The quantitative estimate of drug-likeness (QED) is 0.844. The lowest BCUT2D eigenvalue weighted by atomic mass is 10.5. The lowest BCUT2D eigenvalue weighted by Crippen LogP contribution is -2.24. The van der Waals surface area contributed by atoms with Crippen LogP contribution in [0.5, 0.6) is 0 Å². The third kappa shape index (κ3) is 3.42. The van der Waals surface area contributed by atoms with Crippen LogP contribution in [0.2, 0.25) is 0 Å². The van der Waals surface area contributed by atoms with E-state index in [9.17, 15) is 12.8 Å². The van der Waals surface area contributed by atoms with Crippen molar-refractivity contribution in [3.63, 3.8) is 0 Å². The summed E-state index contributed by atoms with van der Waals surface area (Å²) in [7, 11) is -3.63. The summed E-state index contributed by atoms with van der Waals surface area (Å²) in [5.41, 5.74) is -1.52. The Morgan fingerprint density at radius 2 is 2.29 bits per heavy atom. The molecule has 1 aromatic rings. The summed E-state index contributed by atoms with van der Waals surface area (Å²) < 4.78 is 40.7. The second-order valence-electron chi connectivity index (χ2n) is 4.51. The van der Waals surface area contributed by atoms with Gasteiger partial charge < -0.3 is 4.57 Å². The van der Waals surface area contributed by atoms with Gasteiger partial charge in [-0.05, 0) is 19.3 Å². The topological polar surface area (TPSA) is 64.0 Å². The van der Waals surface area contributed by atoms with Crippen molar-refractivity contribution in [3.8, 4) is 0 Å². The van der Waals surface area contributed by atoms with E-state index in [2.05, 4.69) is 9.71 Å². The van der Waals surface area contributed by atoms with Crippen LogP contribution in [0.15, 0.2) is 12.5 Å². The Labute approximate surface area is 100 Å².